The molecule has 3 aromatic rings. The predicted molar refractivity (Wildman–Crippen MR) is 137 cm³/mol. The molecule has 9 heteroatoms. The number of rotatable bonds is 6. The minimum atomic E-state index is -1.50. The number of hydrogen-bond donors (Lipinski definition) is 4. The van der Waals surface area contributed by atoms with Crippen LogP contribution in [0.4, 0.5) is 11.6 Å². The number of carbonyl (C=O) groups excluding carboxylic acids is 1. The van der Waals surface area contributed by atoms with Crippen molar-refractivity contribution in [1.82, 2.24) is 9.97 Å². The highest BCUT2D eigenvalue weighted by atomic mass is 16.4. The van der Waals surface area contributed by atoms with Crippen LogP contribution in [0.2, 0.25) is 0 Å². The molecular formula is C26H30BN5O3. The van der Waals surface area contributed by atoms with Gasteiger partial charge in [-0.3, -0.25) is 4.79 Å². The summed E-state index contributed by atoms with van der Waals surface area (Å²) in [5.74, 6) is 2.28. The third-order valence-corrected chi connectivity index (χ3v) is 7.18. The molecule has 2 aromatic carbocycles. The highest BCUT2D eigenvalue weighted by Crippen LogP contribution is 2.44. The summed E-state index contributed by atoms with van der Waals surface area (Å²) in [4.78, 5) is 24.3. The number of primary amides is 1. The number of fused-ring (bicyclic) bond motifs is 2. The number of anilines is 2. The number of amides is 1. The lowest BCUT2D eigenvalue weighted by Crippen LogP contribution is -2.30. The van der Waals surface area contributed by atoms with Gasteiger partial charge in [0.25, 0.3) is 0 Å². The SMILES string of the molecule is CC1Cc2c(C(N)=O)cccc2C1c1nc(NCc2cccc(B(O)O)c2)c2c(n1)N(C)CCC2. The van der Waals surface area contributed by atoms with Crippen LogP contribution in [0.5, 0.6) is 0 Å². The van der Waals surface area contributed by atoms with Gasteiger partial charge >= 0.3 is 7.12 Å². The Bertz CT molecular complexity index is 1280. The summed E-state index contributed by atoms with van der Waals surface area (Å²) in [5, 5.41) is 22.5. The molecule has 1 aromatic heterocycles. The van der Waals surface area contributed by atoms with E-state index in [9.17, 15) is 14.8 Å². The molecule has 2 unspecified atom stereocenters. The van der Waals surface area contributed by atoms with Gasteiger partial charge in [0, 0.05) is 37.2 Å². The van der Waals surface area contributed by atoms with Gasteiger partial charge in [-0.2, -0.15) is 0 Å². The molecule has 0 fully saturated rings. The maximum atomic E-state index is 12.0. The van der Waals surface area contributed by atoms with E-state index < -0.39 is 13.0 Å². The molecule has 0 saturated heterocycles. The molecule has 1 aliphatic carbocycles. The summed E-state index contributed by atoms with van der Waals surface area (Å²) in [5.41, 5.74) is 10.8. The Balaban J connectivity index is 1.54. The minimum absolute atomic E-state index is 0.0293. The Labute approximate surface area is 205 Å². The van der Waals surface area contributed by atoms with Gasteiger partial charge in [-0.15, -0.1) is 0 Å². The molecule has 0 radical (unpaired) electrons. The van der Waals surface area contributed by atoms with E-state index in [1.165, 1.54) is 0 Å². The van der Waals surface area contributed by atoms with Gasteiger partial charge in [0.1, 0.15) is 17.5 Å². The van der Waals surface area contributed by atoms with Gasteiger partial charge in [0.05, 0.1) is 0 Å². The number of nitrogens with one attached hydrogen (secondary N) is 1. The quantitative estimate of drug-likeness (QED) is 0.403. The Hall–Kier alpha value is -3.43. The lowest BCUT2D eigenvalue weighted by molar-refractivity contribution is 0.0999. The second-order valence-corrected chi connectivity index (χ2v) is 9.63. The zero-order chi connectivity index (χ0) is 24.7. The van der Waals surface area contributed by atoms with E-state index in [0.717, 1.165) is 65.5 Å². The van der Waals surface area contributed by atoms with E-state index >= 15 is 0 Å². The first kappa shape index (κ1) is 23.3. The van der Waals surface area contributed by atoms with Crippen LogP contribution in [-0.2, 0) is 19.4 Å². The van der Waals surface area contributed by atoms with Gasteiger partial charge in [0.2, 0.25) is 5.91 Å². The standard InChI is InChI=1S/C26H30BN5O3/c1-15-12-21-18(8-4-9-19(21)23(28)33)22(15)25-30-24(20-10-5-11-32(2)26(20)31-25)29-14-16-6-3-7-17(13-16)27(34)35/h3-4,6-9,13,15,22,34-35H,5,10-12,14H2,1-2H3,(H2,28,33)(H,29,30,31). The number of nitrogens with two attached hydrogens (primary N) is 1. The van der Waals surface area contributed by atoms with E-state index in [-0.39, 0.29) is 11.8 Å². The summed E-state index contributed by atoms with van der Waals surface area (Å²) >= 11 is 0. The van der Waals surface area contributed by atoms with Crippen molar-refractivity contribution < 1.29 is 14.8 Å². The normalized spacial score (nSPS) is 18.7. The van der Waals surface area contributed by atoms with Crippen LogP contribution in [0.25, 0.3) is 0 Å². The molecule has 1 aliphatic heterocycles. The molecule has 2 heterocycles. The van der Waals surface area contributed by atoms with Crippen LogP contribution in [0.15, 0.2) is 42.5 Å². The Morgan fingerprint density at radius 2 is 2.00 bits per heavy atom. The molecule has 0 spiro atoms. The van der Waals surface area contributed by atoms with Crippen molar-refractivity contribution in [1.29, 1.82) is 0 Å². The monoisotopic (exact) mass is 471 g/mol. The van der Waals surface area contributed by atoms with Crippen molar-refractivity contribution in [2.45, 2.75) is 38.6 Å². The zero-order valence-electron chi connectivity index (χ0n) is 20.0. The molecule has 0 bridgehead atoms. The summed E-state index contributed by atoms with van der Waals surface area (Å²) < 4.78 is 0. The van der Waals surface area contributed by atoms with E-state index in [4.69, 9.17) is 15.7 Å². The summed E-state index contributed by atoms with van der Waals surface area (Å²) in [6.07, 6.45) is 2.67. The molecule has 8 nitrogen and oxygen atoms in total. The van der Waals surface area contributed by atoms with Crippen molar-refractivity contribution >= 4 is 30.1 Å². The maximum Gasteiger partial charge on any atom is 0.488 e. The average Bonchev–Trinajstić information content (AvgIpc) is 3.18. The van der Waals surface area contributed by atoms with Gasteiger partial charge in [0.15, 0.2) is 0 Å². The third-order valence-electron chi connectivity index (χ3n) is 7.18. The van der Waals surface area contributed by atoms with E-state index in [0.29, 0.717) is 17.6 Å². The number of hydrogen-bond acceptors (Lipinski definition) is 7. The van der Waals surface area contributed by atoms with Gasteiger partial charge < -0.3 is 26.0 Å². The molecule has 35 heavy (non-hydrogen) atoms. The predicted octanol–water partition coefficient (Wildman–Crippen LogP) is 1.57. The molecule has 2 atom stereocenters. The highest BCUT2D eigenvalue weighted by Gasteiger charge is 2.36. The zero-order valence-corrected chi connectivity index (χ0v) is 20.0. The second kappa shape index (κ2) is 9.32. The topological polar surface area (TPSA) is 125 Å². The van der Waals surface area contributed by atoms with Crippen molar-refractivity contribution in [2.24, 2.45) is 11.7 Å². The first-order valence-electron chi connectivity index (χ1n) is 12.1. The maximum absolute atomic E-state index is 12.0. The number of carbonyl (C=O) groups is 1. The molecule has 1 amide bonds. The largest absolute Gasteiger partial charge is 0.488 e. The van der Waals surface area contributed by atoms with Crippen LogP contribution in [0.1, 0.15) is 57.7 Å². The Morgan fingerprint density at radius 1 is 1.20 bits per heavy atom. The fraction of sp³-hybridized carbons (Fsp3) is 0.346. The average molecular weight is 471 g/mol. The van der Waals surface area contributed by atoms with Crippen molar-refractivity contribution in [3.63, 3.8) is 0 Å². The lowest BCUT2D eigenvalue weighted by atomic mass is 9.79. The fourth-order valence-electron chi connectivity index (χ4n) is 5.46. The molecule has 2 aliphatic rings. The number of benzene rings is 2. The Morgan fingerprint density at radius 3 is 2.77 bits per heavy atom. The van der Waals surface area contributed by atoms with Gasteiger partial charge in [-0.1, -0.05) is 43.3 Å². The van der Waals surface area contributed by atoms with Gasteiger partial charge in [-0.25, -0.2) is 9.97 Å². The van der Waals surface area contributed by atoms with Gasteiger partial charge in [-0.05, 0) is 53.4 Å². The highest BCUT2D eigenvalue weighted by molar-refractivity contribution is 6.58. The fourth-order valence-corrected chi connectivity index (χ4v) is 5.46. The van der Waals surface area contributed by atoms with E-state index in [1.54, 1.807) is 18.2 Å². The minimum Gasteiger partial charge on any atom is -0.423 e. The third kappa shape index (κ3) is 4.37. The van der Waals surface area contributed by atoms with Crippen LogP contribution in [0.3, 0.4) is 0 Å². The number of nitrogens with zero attached hydrogens (tertiary/aromatic N) is 3. The van der Waals surface area contributed by atoms with E-state index in [1.807, 2.05) is 18.2 Å². The number of aromatic nitrogens is 2. The van der Waals surface area contributed by atoms with Crippen LogP contribution in [0, 0.1) is 5.92 Å². The van der Waals surface area contributed by atoms with Crippen LogP contribution >= 0.6 is 0 Å². The molecule has 180 valence electrons. The molecule has 5 rings (SSSR count). The van der Waals surface area contributed by atoms with Crippen LogP contribution in [-0.4, -0.2) is 46.6 Å². The molecular weight excluding hydrogens is 441 g/mol. The summed E-state index contributed by atoms with van der Waals surface area (Å²) in [6.45, 7) is 3.60. The first-order chi connectivity index (χ1) is 16.8. The lowest BCUT2D eigenvalue weighted by Gasteiger charge is -2.29. The van der Waals surface area contributed by atoms with E-state index in [2.05, 4.69) is 30.3 Å². The summed E-state index contributed by atoms with van der Waals surface area (Å²) in [7, 11) is 0.554. The summed E-state index contributed by atoms with van der Waals surface area (Å²) in [6, 6.07) is 13.0. The van der Waals surface area contributed by atoms with Crippen molar-refractivity contribution in [3.8, 4) is 0 Å². The Kier molecular flexibility index (Phi) is 6.21. The molecule has 5 N–H and O–H groups in total. The van der Waals surface area contributed by atoms with Crippen molar-refractivity contribution in [2.75, 3.05) is 23.8 Å². The van der Waals surface area contributed by atoms with Crippen molar-refractivity contribution in [3.05, 3.63) is 76.1 Å². The molecule has 0 saturated carbocycles. The first-order valence-corrected chi connectivity index (χ1v) is 12.1. The van der Waals surface area contributed by atoms with Crippen LogP contribution < -0.4 is 21.4 Å². The smallest absolute Gasteiger partial charge is 0.423 e. The second-order valence-electron chi connectivity index (χ2n) is 9.63.